The van der Waals surface area contributed by atoms with Crippen molar-refractivity contribution in [1.82, 2.24) is 15.6 Å². The monoisotopic (exact) mass is 331 g/mol. The Bertz CT molecular complexity index is 683. The summed E-state index contributed by atoms with van der Waals surface area (Å²) >= 11 is 0. The summed E-state index contributed by atoms with van der Waals surface area (Å²) < 4.78 is 9.82. The van der Waals surface area contributed by atoms with E-state index >= 15 is 0 Å². The van der Waals surface area contributed by atoms with E-state index in [1.54, 1.807) is 6.20 Å². The van der Waals surface area contributed by atoms with Crippen molar-refractivity contribution in [2.45, 2.75) is 26.4 Å². The number of benzene rings is 1. The summed E-state index contributed by atoms with van der Waals surface area (Å²) in [6.07, 6.45) is 2.37. The molecule has 0 aliphatic rings. The van der Waals surface area contributed by atoms with Crippen LogP contribution in [0.2, 0.25) is 0 Å². The van der Waals surface area contributed by atoms with Crippen LogP contribution in [0.25, 0.3) is 11.3 Å². The fourth-order valence-electron chi connectivity index (χ4n) is 2.21. The molecule has 1 aromatic heterocycles. The summed E-state index contributed by atoms with van der Waals surface area (Å²) in [6.45, 7) is 4.04. The maximum absolute atomic E-state index is 12.3. The second-order valence-electron chi connectivity index (χ2n) is 5.64. The highest BCUT2D eigenvalue weighted by Crippen LogP contribution is 2.19. The van der Waals surface area contributed by atoms with Crippen LogP contribution in [0.5, 0.6) is 0 Å². The first-order valence-electron chi connectivity index (χ1n) is 7.61. The number of aromatic nitrogens is 1. The van der Waals surface area contributed by atoms with Crippen LogP contribution in [0.4, 0.5) is 4.79 Å². The Labute approximate surface area is 140 Å². The van der Waals surface area contributed by atoms with Gasteiger partial charge in [-0.3, -0.25) is 4.79 Å². The minimum absolute atomic E-state index is 0.0652. The summed E-state index contributed by atoms with van der Waals surface area (Å²) in [5.41, 5.74) is 1.80. The van der Waals surface area contributed by atoms with Crippen LogP contribution in [0.3, 0.4) is 0 Å². The van der Waals surface area contributed by atoms with Gasteiger partial charge >= 0.3 is 6.09 Å². The van der Waals surface area contributed by atoms with Crippen LogP contribution in [0.1, 0.15) is 19.4 Å². The lowest BCUT2D eigenvalue weighted by molar-refractivity contribution is -0.124. The average Bonchev–Trinajstić information content (AvgIpc) is 3.12. The maximum Gasteiger partial charge on any atom is 0.407 e. The van der Waals surface area contributed by atoms with E-state index in [0.717, 1.165) is 11.1 Å². The lowest BCUT2D eigenvalue weighted by atomic mass is 10.0. The lowest BCUT2D eigenvalue weighted by Crippen LogP contribution is -2.49. The van der Waals surface area contributed by atoms with E-state index in [0.29, 0.717) is 12.3 Å². The number of hydrogen-bond acceptors (Lipinski definition) is 5. The topological polar surface area (TPSA) is 93.5 Å². The van der Waals surface area contributed by atoms with Crippen molar-refractivity contribution >= 4 is 12.0 Å². The number of hydrogen-bond donors (Lipinski definition) is 2. The minimum atomic E-state index is -0.657. The second-order valence-corrected chi connectivity index (χ2v) is 5.64. The highest BCUT2D eigenvalue weighted by molar-refractivity contribution is 5.85. The van der Waals surface area contributed by atoms with E-state index in [9.17, 15) is 9.59 Å². The standard InChI is InChI=1S/C17H21N3O4/c1-11(2)15(20-17(22)23-3)16(21)19-8-12-5-4-6-13(7-12)14-9-18-10-24-14/h4-7,9-11,15H,8H2,1-3H3,(H,19,21)(H,20,22)/t15-/m0/s1. The van der Waals surface area contributed by atoms with Gasteiger partial charge in [0.25, 0.3) is 0 Å². The van der Waals surface area contributed by atoms with Crippen LogP contribution < -0.4 is 10.6 Å². The Balaban J connectivity index is 2.00. The molecule has 2 rings (SSSR count). The first-order valence-corrected chi connectivity index (χ1v) is 7.61. The zero-order valence-electron chi connectivity index (χ0n) is 13.9. The molecule has 128 valence electrons. The average molecular weight is 331 g/mol. The fourth-order valence-corrected chi connectivity index (χ4v) is 2.21. The third kappa shape index (κ3) is 4.58. The molecule has 0 unspecified atom stereocenters. The zero-order chi connectivity index (χ0) is 17.5. The minimum Gasteiger partial charge on any atom is -0.453 e. The van der Waals surface area contributed by atoms with Crippen molar-refractivity contribution in [2.75, 3.05) is 7.11 Å². The quantitative estimate of drug-likeness (QED) is 0.847. The second kappa shape index (κ2) is 8.14. The molecule has 2 aromatic rings. The summed E-state index contributed by atoms with van der Waals surface area (Å²) in [6, 6.07) is 6.94. The Morgan fingerprint density at radius 1 is 1.33 bits per heavy atom. The van der Waals surface area contributed by atoms with Crippen LogP contribution in [0.15, 0.2) is 41.3 Å². The number of amides is 2. The van der Waals surface area contributed by atoms with Crippen molar-refractivity contribution in [3.05, 3.63) is 42.4 Å². The van der Waals surface area contributed by atoms with Crippen molar-refractivity contribution in [3.8, 4) is 11.3 Å². The van der Waals surface area contributed by atoms with Crippen LogP contribution in [-0.2, 0) is 16.1 Å². The number of carbonyl (C=O) groups is 2. The first kappa shape index (κ1) is 17.5. The molecule has 0 fully saturated rings. The molecule has 0 aliphatic heterocycles. The molecule has 1 aromatic carbocycles. The van der Waals surface area contributed by atoms with Gasteiger partial charge in [0.05, 0.1) is 13.3 Å². The summed E-state index contributed by atoms with van der Waals surface area (Å²) in [7, 11) is 1.26. The summed E-state index contributed by atoms with van der Waals surface area (Å²) in [5.74, 6) is 0.334. The van der Waals surface area contributed by atoms with E-state index in [2.05, 4.69) is 20.4 Å². The summed E-state index contributed by atoms with van der Waals surface area (Å²) in [5, 5.41) is 5.37. The molecule has 7 heteroatoms. The maximum atomic E-state index is 12.3. The number of oxazole rings is 1. The highest BCUT2D eigenvalue weighted by Gasteiger charge is 2.24. The smallest absolute Gasteiger partial charge is 0.407 e. The van der Waals surface area contributed by atoms with Crippen molar-refractivity contribution in [2.24, 2.45) is 5.92 Å². The van der Waals surface area contributed by atoms with Gasteiger partial charge in [0.1, 0.15) is 6.04 Å². The zero-order valence-corrected chi connectivity index (χ0v) is 13.9. The number of rotatable bonds is 6. The fraction of sp³-hybridized carbons (Fsp3) is 0.353. The third-order valence-electron chi connectivity index (χ3n) is 3.52. The number of nitrogens with one attached hydrogen (secondary N) is 2. The number of ether oxygens (including phenoxy) is 1. The molecule has 0 spiro atoms. The Morgan fingerprint density at radius 2 is 2.12 bits per heavy atom. The SMILES string of the molecule is COC(=O)N[C@H](C(=O)NCc1cccc(-c2cnco2)c1)C(C)C. The van der Waals surface area contributed by atoms with Gasteiger partial charge in [0, 0.05) is 12.1 Å². The Morgan fingerprint density at radius 3 is 2.75 bits per heavy atom. The molecule has 7 nitrogen and oxygen atoms in total. The van der Waals surface area contributed by atoms with Gasteiger partial charge in [-0.25, -0.2) is 9.78 Å². The number of nitrogens with zero attached hydrogens (tertiary/aromatic N) is 1. The molecule has 0 aliphatic carbocycles. The van der Waals surface area contributed by atoms with E-state index in [4.69, 9.17) is 4.42 Å². The predicted molar refractivity (Wildman–Crippen MR) is 88.0 cm³/mol. The molecular formula is C17H21N3O4. The Kier molecular flexibility index (Phi) is 5.95. The van der Waals surface area contributed by atoms with Crippen LogP contribution in [-0.4, -0.2) is 30.1 Å². The van der Waals surface area contributed by atoms with Gasteiger partial charge in [-0.05, 0) is 17.5 Å². The molecule has 0 radical (unpaired) electrons. The molecule has 1 heterocycles. The van der Waals surface area contributed by atoms with Crippen LogP contribution >= 0.6 is 0 Å². The van der Waals surface area contributed by atoms with Gasteiger partial charge in [-0.15, -0.1) is 0 Å². The largest absolute Gasteiger partial charge is 0.453 e. The molecular weight excluding hydrogens is 310 g/mol. The van der Waals surface area contributed by atoms with Gasteiger partial charge in [0.2, 0.25) is 5.91 Å². The van der Waals surface area contributed by atoms with E-state index < -0.39 is 12.1 Å². The van der Waals surface area contributed by atoms with Gasteiger partial charge in [-0.2, -0.15) is 0 Å². The summed E-state index contributed by atoms with van der Waals surface area (Å²) in [4.78, 5) is 27.6. The molecule has 0 saturated heterocycles. The van der Waals surface area contributed by atoms with Crippen molar-refractivity contribution < 1.29 is 18.7 Å². The lowest BCUT2D eigenvalue weighted by Gasteiger charge is -2.21. The third-order valence-corrected chi connectivity index (χ3v) is 3.52. The first-order chi connectivity index (χ1) is 11.5. The molecule has 0 saturated carbocycles. The molecule has 0 bridgehead atoms. The molecule has 2 N–H and O–H groups in total. The number of carbonyl (C=O) groups excluding carboxylic acids is 2. The van der Waals surface area contributed by atoms with E-state index in [1.165, 1.54) is 13.5 Å². The molecule has 1 atom stereocenters. The highest BCUT2D eigenvalue weighted by atomic mass is 16.5. The van der Waals surface area contributed by atoms with Gasteiger partial charge < -0.3 is 19.8 Å². The predicted octanol–water partition coefficient (Wildman–Crippen LogP) is 2.34. The number of alkyl carbamates (subject to hydrolysis) is 1. The molecule has 2 amide bonds. The Hall–Kier alpha value is -2.83. The van der Waals surface area contributed by atoms with Gasteiger partial charge in [-0.1, -0.05) is 32.0 Å². The van der Waals surface area contributed by atoms with E-state index in [-0.39, 0.29) is 11.8 Å². The van der Waals surface area contributed by atoms with Crippen molar-refractivity contribution in [1.29, 1.82) is 0 Å². The van der Waals surface area contributed by atoms with Crippen molar-refractivity contribution in [3.63, 3.8) is 0 Å². The van der Waals surface area contributed by atoms with Gasteiger partial charge in [0.15, 0.2) is 12.2 Å². The normalized spacial score (nSPS) is 11.8. The number of methoxy groups -OCH3 is 1. The van der Waals surface area contributed by atoms with Crippen LogP contribution in [0, 0.1) is 5.92 Å². The molecule has 24 heavy (non-hydrogen) atoms. The van der Waals surface area contributed by atoms with E-state index in [1.807, 2.05) is 38.1 Å².